The number of carbonyl (C=O) groups excluding carboxylic acids is 1. The van der Waals surface area contributed by atoms with Gasteiger partial charge in [0.15, 0.2) is 0 Å². The van der Waals surface area contributed by atoms with Gasteiger partial charge >= 0.3 is 12.0 Å². The molecule has 3 N–H and O–H groups in total. The molecule has 21 heavy (non-hydrogen) atoms. The van der Waals surface area contributed by atoms with Gasteiger partial charge in [0.2, 0.25) is 0 Å². The molecule has 8 heteroatoms. The fraction of sp³-hybridized carbons (Fsp3) is 0.385. The number of anilines is 1. The van der Waals surface area contributed by atoms with Crippen LogP contribution in [0.5, 0.6) is 0 Å². The van der Waals surface area contributed by atoms with E-state index in [1.54, 1.807) is 20.8 Å². The van der Waals surface area contributed by atoms with Crippen molar-refractivity contribution in [3.63, 3.8) is 0 Å². The first-order valence-corrected chi connectivity index (χ1v) is 6.27. The van der Waals surface area contributed by atoms with Gasteiger partial charge in [-0.25, -0.2) is 9.59 Å². The van der Waals surface area contributed by atoms with Crippen molar-refractivity contribution in [2.24, 2.45) is 5.92 Å². The van der Waals surface area contributed by atoms with E-state index in [0.29, 0.717) is 11.3 Å². The number of nitrogens with one attached hydrogen (secondary N) is 2. The van der Waals surface area contributed by atoms with Gasteiger partial charge in [-0.1, -0.05) is 13.8 Å². The van der Waals surface area contributed by atoms with Crippen LogP contribution in [0.25, 0.3) is 0 Å². The zero-order valence-corrected chi connectivity index (χ0v) is 11.9. The van der Waals surface area contributed by atoms with Crippen LogP contribution in [0.15, 0.2) is 18.2 Å². The number of hydrogen-bond acceptors (Lipinski definition) is 4. The molecule has 1 rings (SSSR count). The Morgan fingerprint density at radius 2 is 1.95 bits per heavy atom. The zero-order chi connectivity index (χ0) is 16.2. The van der Waals surface area contributed by atoms with Gasteiger partial charge in [-0.3, -0.25) is 10.1 Å². The lowest BCUT2D eigenvalue weighted by molar-refractivity contribution is -0.385. The summed E-state index contributed by atoms with van der Waals surface area (Å²) in [6.07, 6.45) is 0. The Kier molecular flexibility index (Phi) is 5.23. The van der Waals surface area contributed by atoms with Gasteiger partial charge in [0.05, 0.1) is 4.92 Å². The van der Waals surface area contributed by atoms with Gasteiger partial charge in [-0.05, 0) is 25.0 Å². The molecule has 0 aliphatic heterocycles. The Bertz CT molecular complexity index is 571. The number of aryl methyl sites for hydroxylation is 1. The van der Waals surface area contributed by atoms with E-state index in [4.69, 9.17) is 5.11 Å². The second-order valence-electron chi connectivity index (χ2n) is 4.92. The van der Waals surface area contributed by atoms with Crippen LogP contribution in [0.3, 0.4) is 0 Å². The van der Waals surface area contributed by atoms with Crippen molar-refractivity contribution in [1.29, 1.82) is 0 Å². The van der Waals surface area contributed by atoms with Crippen LogP contribution in [0.2, 0.25) is 0 Å². The number of aliphatic carboxylic acids is 1. The van der Waals surface area contributed by atoms with E-state index in [0.717, 1.165) is 0 Å². The number of amides is 2. The van der Waals surface area contributed by atoms with Crippen LogP contribution in [0, 0.1) is 23.0 Å². The molecular weight excluding hydrogens is 278 g/mol. The molecule has 1 aromatic rings. The first-order chi connectivity index (χ1) is 9.72. The molecule has 0 aliphatic carbocycles. The van der Waals surface area contributed by atoms with Gasteiger partial charge in [-0.2, -0.15) is 0 Å². The number of hydrogen-bond donors (Lipinski definition) is 3. The summed E-state index contributed by atoms with van der Waals surface area (Å²) in [5, 5.41) is 24.5. The Balaban J connectivity index is 2.77. The molecule has 114 valence electrons. The van der Waals surface area contributed by atoms with Crippen molar-refractivity contribution in [3.05, 3.63) is 33.9 Å². The number of nitro benzene ring substituents is 1. The molecule has 0 radical (unpaired) electrons. The van der Waals surface area contributed by atoms with Crippen LogP contribution >= 0.6 is 0 Å². The summed E-state index contributed by atoms with van der Waals surface area (Å²) in [5.41, 5.74) is 0.700. The minimum atomic E-state index is -1.12. The van der Waals surface area contributed by atoms with E-state index < -0.39 is 23.0 Å². The number of nitro groups is 1. The number of carbonyl (C=O) groups is 2. The standard InChI is InChI=1S/C13H17N3O5/c1-7(2)11(12(17)18)15-13(19)14-9-4-5-10(16(20)21)8(3)6-9/h4-7,11H,1-3H3,(H,17,18)(H2,14,15,19)/t11-/m1/s1. The number of nitrogens with zero attached hydrogens (tertiary/aromatic N) is 1. The van der Waals surface area contributed by atoms with Crippen molar-refractivity contribution in [2.75, 3.05) is 5.32 Å². The minimum Gasteiger partial charge on any atom is -0.480 e. The highest BCUT2D eigenvalue weighted by molar-refractivity contribution is 5.92. The molecule has 1 atom stereocenters. The fourth-order valence-electron chi connectivity index (χ4n) is 1.76. The van der Waals surface area contributed by atoms with Crippen molar-refractivity contribution in [1.82, 2.24) is 5.32 Å². The Morgan fingerprint density at radius 1 is 1.33 bits per heavy atom. The summed E-state index contributed by atoms with van der Waals surface area (Å²) >= 11 is 0. The van der Waals surface area contributed by atoms with Crippen molar-refractivity contribution < 1.29 is 19.6 Å². The minimum absolute atomic E-state index is 0.0495. The van der Waals surface area contributed by atoms with Crippen molar-refractivity contribution in [2.45, 2.75) is 26.8 Å². The number of carboxylic acids is 1. The Morgan fingerprint density at radius 3 is 2.38 bits per heavy atom. The molecular formula is C13H17N3O5. The fourth-order valence-corrected chi connectivity index (χ4v) is 1.76. The summed E-state index contributed by atoms with van der Waals surface area (Å²) in [5.74, 6) is -1.40. The summed E-state index contributed by atoms with van der Waals surface area (Å²) in [4.78, 5) is 32.9. The molecule has 0 bridgehead atoms. The first-order valence-electron chi connectivity index (χ1n) is 6.27. The predicted octanol–water partition coefficient (Wildman–Crippen LogP) is 2.13. The quantitative estimate of drug-likeness (QED) is 0.567. The molecule has 1 aromatic carbocycles. The van der Waals surface area contributed by atoms with Crippen molar-refractivity contribution in [3.8, 4) is 0 Å². The molecule has 0 saturated heterocycles. The normalized spacial score (nSPS) is 11.8. The van der Waals surface area contributed by atoms with E-state index >= 15 is 0 Å². The Hall–Kier alpha value is -2.64. The van der Waals surface area contributed by atoms with Crippen LogP contribution in [0.4, 0.5) is 16.2 Å². The average Bonchev–Trinajstić information content (AvgIpc) is 2.34. The summed E-state index contributed by atoms with van der Waals surface area (Å²) in [7, 11) is 0. The SMILES string of the molecule is Cc1cc(NC(=O)N[C@@H](C(=O)O)C(C)C)ccc1[N+](=O)[O-]. The molecule has 0 saturated carbocycles. The highest BCUT2D eigenvalue weighted by atomic mass is 16.6. The number of rotatable bonds is 5. The van der Waals surface area contributed by atoms with E-state index in [-0.39, 0.29) is 11.6 Å². The lowest BCUT2D eigenvalue weighted by Gasteiger charge is -2.18. The third kappa shape index (κ3) is 4.44. The van der Waals surface area contributed by atoms with Gasteiger partial charge in [0, 0.05) is 17.3 Å². The third-order valence-corrected chi connectivity index (χ3v) is 2.87. The second kappa shape index (κ2) is 6.69. The van der Waals surface area contributed by atoms with E-state index in [1.165, 1.54) is 18.2 Å². The van der Waals surface area contributed by atoms with Gasteiger partial charge < -0.3 is 15.7 Å². The maximum atomic E-state index is 11.7. The highest BCUT2D eigenvalue weighted by Crippen LogP contribution is 2.21. The summed E-state index contributed by atoms with van der Waals surface area (Å²) in [6, 6.07) is 2.43. The van der Waals surface area contributed by atoms with Crippen molar-refractivity contribution >= 4 is 23.4 Å². The predicted molar refractivity (Wildman–Crippen MR) is 76.2 cm³/mol. The van der Waals surface area contributed by atoms with Crippen LogP contribution < -0.4 is 10.6 Å². The topological polar surface area (TPSA) is 122 Å². The van der Waals surface area contributed by atoms with Crippen LogP contribution in [-0.2, 0) is 4.79 Å². The maximum Gasteiger partial charge on any atom is 0.326 e. The average molecular weight is 295 g/mol. The lowest BCUT2D eigenvalue weighted by Crippen LogP contribution is -2.46. The van der Waals surface area contributed by atoms with Gasteiger partial charge in [0.25, 0.3) is 5.69 Å². The van der Waals surface area contributed by atoms with Gasteiger partial charge in [-0.15, -0.1) is 0 Å². The first kappa shape index (κ1) is 16.4. The van der Waals surface area contributed by atoms with E-state index in [2.05, 4.69) is 10.6 Å². The van der Waals surface area contributed by atoms with E-state index in [1.807, 2.05) is 0 Å². The van der Waals surface area contributed by atoms with Crippen LogP contribution in [-0.4, -0.2) is 28.1 Å². The smallest absolute Gasteiger partial charge is 0.326 e. The zero-order valence-electron chi connectivity index (χ0n) is 11.9. The molecule has 0 aliphatic rings. The monoisotopic (exact) mass is 295 g/mol. The van der Waals surface area contributed by atoms with Gasteiger partial charge in [0.1, 0.15) is 6.04 Å². The third-order valence-electron chi connectivity index (χ3n) is 2.87. The van der Waals surface area contributed by atoms with Crippen LogP contribution in [0.1, 0.15) is 19.4 Å². The molecule has 0 spiro atoms. The summed E-state index contributed by atoms with van der Waals surface area (Å²) < 4.78 is 0. The molecule has 8 nitrogen and oxygen atoms in total. The maximum absolute atomic E-state index is 11.7. The highest BCUT2D eigenvalue weighted by Gasteiger charge is 2.23. The number of benzene rings is 1. The molecule has 0 aromatic heterocycles. The largest absolute Gasteiger partial charge is 0.480 e. The second-order valence-corrected chi connectivity index (χ2v) is 4.92. The number of carboxylic acid groups (broad SMARTS) is 1. The molecule has 0 unspecified atom stereocenters. The summed E-state index contributed by atoms with van der Waals surface area (Å²) in [6.45, 7) is 4.90. The molecule has 0 heterocycles. The van der Waals surface area contributed by atoms with E-state index in [9.17, 15) is 19.7 Å². The Labute approximate surface area is 121 Å². The molecule has 0 fully saturated rings. The lowest BCUT2D eigenvalue weighted by atomic mass is 10.1. The molecule has 2 amide bonds. The number of urea groups is 1.